The molecule has 0 amide bonds. The molecule has 0 radical (unpaired) electrons. The van der Waals surface area contributed by atoms with E-state index in [1.165, 1.54) is 6.07 Å². The zero-order chi connectivity index (χ0) is 20.8. The summed E-state index contributed by atoms with van der Waals surface area (Å²) in [5.74, 6) is 0.974. The maximum Gasteiger partial charge on any atom is 0.433 e. The van der Waals surface area contributed by atoms with E-state index in [0.717, 1.165) is 25.1 Å². The maximum absolute atomic E-state index is 13.2. The van der Waals surface area contributed by atoms with E-state index in [1.807, 2.05) is 4.90 Å². The average molecular weight is 414 g/mol. The van der Waals surface area contributed by atoms with E-state index in [-0.39, 0.29) is 23.6 Å². The highest BCUT2D eigenvalue weighted by molar-refractivity contribution is 5.44. The minimum Gasteiger partial charge on any atom is -0.354 e. The first-order chi connectivity index (χ1) is 13.7. The number of halogens is 5. The summed E-state index contributed by atoms with van der Waals surface area (Å²) < 4.78 is 65.2. The fourth-order valence-corrected chi connectivity index (χ4v) is 3.37. The van der Waals surface area contributed by atoms with Crippen LogP contribution < -0.4 is 9.80 Å². The van der Waals surface area contributed by atoms with Crippen LogP contribution in [0.4, 0.5) is 33.7 Å². The van der Waals surface area contributed by atoms with Crippen molar-refractivity contribution in [1.29, 1.82) is 0 Å². The number of rotatable bonds is 5. The van der Waals surface area contributed by atoms with E-state index in [2.05, 4.69) is 19.9 Å². The molecule has 2 aliphatic rings. The largest absolute Gasteiger partial charge is 0.433 e. The topological polar surface area (TPSA) is 58.0 Å². The van der Waals surface area contributed by atoms with Crippen molar-refractivity contribution in [2.24, 2.45) is 0 Å². The van der Waals surface area contributed by atoms with Crippen molar-refractivity contribution in [2.45, 2.75) is 43.8 Å². The van der Waals surface area contributed by atoms with Crippen molar-refractivity contribution in [3.05, 3.63) is 35.5 Å². The molecular formula is C18H19F5N6. The predicted molar refractivity (Wildman–Crippen MR) is 95.0 cm³/mol. The minimum absolute atomic E-state index is 0.0266. The van der Waals surface area contributed by atoms with Crippen molar-refractivity contribution in [3.63, 3.8) is 0 Å². The molecule has 4 rings (SSSR count). The molecule has 0 N–H and O–H groups in total. The third kappa shape index (κ3) is 4.23. The molecule has 0 aromatic carbocycles. The normalized spacial score (nSPS) is 19.8. The zero-order valence-corrected chi connectivity index (χ0v) is 15.6. The van der Waals surface area contributed by atoms with Crippen molar-refractivity contribution < 1.29 is 22.0 Å². The van der Waals surface area contributed by atoms with Gasteiger partial charge >= 0.3 is 6.18 Å². The summed E-state index contributed by atoms with van der Waals surface area (Å²) in [5.41, 5.74) is -1.30. The second-order valence-corrected chi connectivity index (χ2v) is 7.32. The highest BCUT2D eigenvalue weighted by Gasteiger charge is 2.35. The van der Waals surface area contributed by atoms with E-state index in [4.69, 9.17) is 0 Å². The van der Waals surface area contributed by atoms with Gasteiger partial charge in [-0.2, -0.15) is 13.2 Å². The first-order valence-electron chi connectivity index (χ1n) is 9.27. The number of likely N-dealkylation sites (N-methyl/N-ethyl adjacent to an activating group) is 1. The van der Waals surface area contributed by atoms with E-state index in [1.54, 1.807) is 11.9 Å². The lowest BCUT2D eigenvalue weighted by Crippen LogP contribution is -2.36. The molecule has 2 aromatic heterocycles. The summed E-state index contributed by atoms with van der Waals surface area (Å²) >= 11 is 0. The van der Waals surface area contributed by atoms with Crippen LogP contribution in [0.25, 0.3) is 0 Å². The molecule has 3 heterocycles. The Morgan fingerprint density at radius 1 is 1.14 bits per heavy atom. The molecule has 1 aliphatic carbocycles. The summed E-state index contributed by atoms with van der Waals surface area (Å²) in [4.78, 5) is 19.4. The van der Waals surface area contributed by atoms with Gasteiger partial charge in [0.2, 0.25) is 5.95 Å². The van der Waals surface area contributed by atoms with Crippen LogP contribution in [-0.2, 0) is 6.18 Å². The van der Waals surface area contributed by atoms with Crippen LogP contribution in [0.15, 0.2) is 18.3 Å². The van der Waals surface area contributed by atoms with Crippen LogP contribution in [0, 0.1) is 0 Å². The van der Waals surface area contributed by atoms with Crippen LogP contribution in [0.3, 0.4) is 0 Å². The first-order valence-corrected chi connectivity index (χ1v) is 9.27. The van der Waals surface area contributed by atoms with Crippen LogP contribution in [0.5, 0.6) is 0 Å². The molecule has 1 saturated heterocycles. The van der Waals surface area contributed by atoms with Gasteiger partial charge in [0.25, 0.3) is 6.43 Å². The Bertz CT molecular complexity index is 865. The molecule has 0 spiro atoms. The van der Waals surface area contributed by atoms with Gasteiger partial charge in [0.05, 0.1) is 6.04 Å². The van der Waals surface area contributed by atoms with Gasteiger partial charge in [-0.25, -0.2) is 28.7 Å². The Hall–Kier alpha value is -2.59. The summed E-state index contributed by atoms with van der Waals surface area (Å²) in [5, 5.41) is 0. The first kappa shape index (κ1) is 19.7. The van der Waals surface area contributed by atoms with Crippen molar-refractivity contribution >= 4 is 11.8 Å². The van der Waals surface area contributed by atoms with Gasteiger partial charge in [-0.15, -0.1) is 0 Å². The molecular weight excluding hydrogens is 395 g/mol. The zero-order valence-electron chi connectivity index (χ0n) is 15.6. The Morgan fingerprint density at radius 3 is 2.55 bits per heavy atom. The van der Waals surface area contributed by atoms with E-state index in [9.17, 15) is 22.0 Å². The summed E-state index contributed by atoms with van der Waals surface area (Å²) in [6.45, 7) is 0.956. The van der Waals surface area contributed by atoms with E-state index in [0.29, 0.717) is 31.2 Å². The van der Waals surface area contributed by atoms with Crippen LogP contribution >= 0.6 is 0 Å². The number of anilines is 2. The molecule has 2 aromatic rings. The molecule has 156 valence electrons. The molecule has 1 unspecified atom stereocenters. The lowest BCUT2D eigenvalue weighted by molar-refractivity contribution is -0.141. The van der Waals surface area contributed by atoms with Crippen molar-refractivity contribution in [3.8, 4) is 0 Å². The fourth-order valence-electron chi connectivity index (χ4n) is 3.37. The number of aromatic nitrogens is 4. The lowest BCUT2D eigenvalue weighted by atomic mass is 10.2. The Morgan fingerprint density at radius 2 is 1.90 bits per heavy atom. The van der Waals surface area contributed by atoms with Crippen LogP contribution in [0.2, 0.25) is 0 Å². The van der Waals surface area contributed by atoms with Gasteiger partial charge in [-0.05, 0) is 25.3 Å². The predicted octanol–water partition coefficient (Wildman–Crippen LogP) is 3.82. The SMILES string of the molecule is CN(c1nccc(C(F)(F)F)n1)C1CCN(c2cc(C(F)F)nc(C3CC3)n2)C1. The number of nitrogens with zero attached hydrogens (tertiary/aromatic N) is 6. The quantitative estimate of drug-likeness (QED) is 0.694. The van der Waals surface area contributed by atoms with E-state index >= 15 is 0 Å². The standard InChI is InChI=1S/C18H19F5N6/c1-28(17-24-6-4-13(26-17)18(21,22)23)11-5-7-29(9-11)14-8-12(15(19)20)25-16(27-14)10-2-3-10/h4,6,8,10-11,15H,2-3,5,7,9H2,1H3. The highest BCUT2D eigenvalue weighted by Crippen LogP contribution is 2.39. The smallest absolute Gasteiger partial charge is 0.354 e. The highest BCUT2D eigenvalue weighted by atomic mass is 19.4. The Labute approximate surface area is 163 Å². The van der Waals surface area contributed by atoms with Gasteiger partial charge in [0.15, 0.2) is 0 Å². The average Bonchev–Trinajstić information content (AvgIpc) is 3.43. The lowest BCUT2D eigenvalue weighted by Gasteiger charge is -2.25. The second kappa shape index (κ2) is 7.34. The van der Waals surface area contributed by atoms with Crippen LogP contribution in [0.1, 0.15) is 48.8 Å². The molecule has 0 bridgehead atoms. The monoisotopic (exact) mass is 414 g/mol. The minimum atomic E-state index is -4.55. The molecule has 11 heteroatoms. The third-order valence-corrected chi connectivity index (χ3v) is 5.20. The molecule has 1 saturated carbocycles. The number of hydrogen-bond donors (Lipinski definition) is 0. The number of alkyl halides is 5. The van der Waals surface area contributed by atoms with Gasteiger partial charge in [-0.1, -0.05) is 0 Å². The van der Waals surface area contributed by atoms with Gasteiger partial charge in [-0.3, -0.25) is 0 Å². The van der Waals surface area contributed by atoms with Gasteiger partial charge < -0.3 is 9.80 Å². The molecule has 2 fully saturated rings. The van der Waals surface area contributed by atoms with Crippen molar-refractivity contribution in [1.82, 2.24) is 19.9 Å². The Balaban J connectivity index is 1.52. The Kier molecular flexibility index (Phi) is 4.99. The number of hydrogen-bond acceptors (Lipinski definition) is 6. The molecule has 1 aliphatic heterocycles. The summed E-state index contributed by atoms with van der Waals surface area (Å²) in [6, 6.07) is 1.94. The van der Waals surface area contributed by atoms with E-state index < -0.39 is 18.3 Å². The molecule has 29 heavy (non-hydrogen) atoms. The fraction of sp³-hybridized carbons (Fsp3) is 0.556. The third-order valence-electron chi connectivity index (χ3n) is 5.20. The van der Waals surface area contributed by atoms with Gasteiger partial charge in [0, 0.05) is 38.3 Å². The van der Waals surface area contributed by atoms with Crippen LogP contribution in [-0.4, -0.2) is 46.1 Å². The summed E-state index contributed by atoms with van der Waals surface area (Å²) in [6.07, 6.45) is -3.76. The molecule has 1 atom stereocenters. The maximum atomic E-state index is 13.2. The second-order valence-electron chi connectivity index (χ2n) is 7.32. The summed E-state index contributed by atoms with van der Waals surface area (Å²) in [7, 11) is 1.63. The van der Waals surface area contributed by atoms with Gasteiger partial charge in [0.1, 0.15) is 23.0 Å². The molecule has 6 nitrogen and oxygen atoms in total. The van der Waals surface area contributed by atoms with Crippen molar-refractivity contribution in [2.75, 3.05) is 29.9 Å².